The van der Waals surface area contributed by atoms with Gasteiger partial charge in [-0.15, -0.1) is 0 Å². The summed E-state index contributed by atoms with van der Waals surface area (Å²) in [5, 5.41) is 0. The molecule has 164 valence electrons. The average molecular weight is 407 g/mol. The molecule has 0 fully saturated rings. The molecule has 0 unspecified atom stereocenters. The second kappa shape index (κ2) is 16.9. The molecule has 29 heavy (non-hydrogen) atoms. The van der Waals surface area contributed by atoms with Gasteiger partial charge in [-0.05, 0) is 31.0 Å². The fourth-order valence-corrected chi connectivity index (χ4v) is 3.04. The second-order valence-corrected chi connectivity index (χ2v) is 7.32. The van der Waals surface area contributed by atoms with E-state index in [0.29, 0.717) is 0 Å². The van der Waals surface area contributed by atoms with Gasteiger partial charge in [-0.25, -0.2) is 4.79 Å². The van der Waals surface area contributed by atoms with Crippen molar-refractivity contribution in [1.82, 2.24) is 0 Å². The molecular weight excluding hydrogens is 368 g/mol. The van der Waals surface area contributed by atoms with E-state index in [9.17, 15) is 9.59 Å². The van der Waals surface area contributed by atoms with E-state index in [4.69, 9.17) is 14.2 Å². The Bertz CT molecular complexity index is 553. The number of ether oxygens (including phenoxy) is 3. The van der Waals surface area contributed by atoms with Gasteiger partial charge in [0.2, 0.25) is 0 Å². The van der Waals surface area contributed by atoms with E-state index in [0.717, 1.165) is 24.3 Å². The van der Waals surface area contributed by atoms with Crippen LogP contribution in [0.25, 0.3) is 0 Å². The summed E-state index contributed by atoms with van der Waals surface area (Å²) in [6.45, 7) is 4.62. The Kier molecular flexibility index (Phi) is 14.5. The molecular formula is C24H38O5. The predicted octanol–water partition coefficient (Wildman–Crippen LogP) is 5.64. The summed E-state index contributed by atoms with van der Waals surface area (Å²) in [6, 6.07) is 7.42. The normalized spacial score (nSPS) is 10.6. The first kappa shape index (κ1) is 25.0. The molecule has 0 aliphatic heterocycles. The van der Waals surface area contributed by atoms with Crippen LogP contribution in [0.15, 0.2) is 24.3 Å². The highest BCUT2D eigenvalue weighted by atomic mass is 16.6. The Hall–Kier alpha value is -2.04. The summed E-state index contributed by atoms with van der Waals surface area (Å²) in [5.41, 5.74) is 0.824. The van der Waals surface area contributed by atoms with Crippen LogP contribution in [0, 0.1) is 0 Å². The lowest BCUT2D eigenvalue weighted by atomic mass is 10.1. The lowest BCUT2D eigenvalue weighted by Gasteiger charge is -2.08. The van der Waals surface area contributed by atoms with Crippen LogP contribution in [-0.2, 0) is 25.5 Å². The molecule has 1 aromatic carbocycles. The predicted molar refractivity (Wildman–Crippen MR) is 115 cm³/mol. The number of rotatable bonds is 17. The van der Waals surface area contributed by atoms with Crippen LogP contribution in [0.2, 0.25) is 0 Å². The molecule has 0 N–H and O–H groups in total. The van der Waals surface area contributed by atoms with Gasteiger partial charge in [0, 0.05) is 0 Å². The van der Waals surface area contributed by atoms with Crippen LogP contribution in [0.5, 0.6) is 5.75 Å². The molecule has 0 bridgehead atoms. The smallest absolute Gasteiger partial charge is 0.344 e. The number of carbonyl (C=O) groups is 2. The van der Waals surface area contributed by atoms with Gasteiger partial charge in [0.15, 0.2) is 6.61 Å². The fraction of sp³-hybridized carbons (Fsp3) is 0.667. The zero-order valence-corrected chi connectivity index (χ0v) is 18.3. The SMILES string of the molecule is CCCCCCCCCCCCOc1ccc(CC(=O)OCC(=O)OCC)cc1. The molecule has 1 aromatic rings. The van der Waals surface area contributed by atoms with Crippen LogP contribution in [-0.4, -0.2) is 31.8 Å². The van der Waals surface area contributed by atoms with Gasteiger partial charge in [0.1, 0.15) is 5.75 Å². The van der Waals surface area contributed by atoms with Crippen LogP contribution < -0.4 is 4.74 Å². The van der Waals surface area contributed by atoms with Gasteiger partial charge < -0.3 is 14.2 Å². The molecule has 0 heterocycles. The molecule has 5 heteroatoms. The van der Waals surface area contributed by atoms with Crippen molar-refractivity contribution in [3.05, 3.63) is 29.8 Å². The first-order chi connectivity index (χ1) is 14.2. The van der Waals surface area contributed by atoms with E-state index >= 15 is 0 Å². The summed E-state index contributed by atoms with van der Waals surface area (Å²) in [4.78, 5) is 22.9. The molecule has 1 rings (SSSR count). The van der Waals surface area contributed by atoms with Crippen molar-refractivity contribution < 1.29 is 23.8 Å². The van der Waals surface area contributed by atoms with Crippen LogP contribution in [0.3, 0.4) is 0 Å². The number of hydrogen-bond donors (Lipinski definition) is 0. The molecule has 0 saturated heterocycles. The van der Waals surface area contributed by atoms with Crippen molar-refractivity contribution in [2.45, 2.75) is 84.5 Å². The minimum absolute atomic E-state index is 0.123. The van der Waals surface area contributed by atoms with Gasteiger partial charge in [0.25, 0.3) is 0 Å². The van der Waals surface area contributed by atoms with Gasteiger partial charge >= 0.3 is 11.9 Å². The van der Waals surface area contributed by atoms with E-state index in [1.165, 1.54) is 57.8 Å². The van der Waals surface area contributed by atoms with Crippen molar-refractivity contribution in [3.63, 3.8) is 0 Å². The molecule has 0 saturated carbocycles. The van der Waals surface area contributed by atoms with E-state index < -0.39 is 11.9 Å². The third-order valence-electron chi connectivity index (χ3n) is 4.69. The number of hydrogen-bond acceptors (Lipinski definition) is 5. The van der Waals surface area contributed by atoms with E-state index in [-0.39, 0.29) is 19.6 Å². The minimum Gasteiger partial charge on any atom is -0.494 e. The maximum atomic E-state index is 11.7. The number of esters is 2. The summed E-state index contributed by atoms with van der Waals surface area (Å²) in [6.07, 6.45) is 13.2. The lowest BCUT2D eigenvalue weighted by Crippen LogP contribution is -2.17. The third-order valence-corrected chi connectivity index (χ3v) is 4.69. The Morgan fingerprint density at radius 3 is 1.90 bits per heavy atom. The highest BCUT2D eigenvalue weighted by molar-refractivity contribution is 5.77. The Morgan fingerprint density at radius 1 is 0.724 bits per heavy atom. The molecule has 0 aromatic heterocycles. The van der Waals surface area contributed by atoms with Crippen LogP contribution in [0.4, 0.5) is 0 Å². The maximum Gasteiger partial charge on any atom is 0.344 e. The molecule has 0 amide bonds. The molecule has 0 aliphatic rings. The van der Waals surface area contributed by atoms with E-state index in [1.54, 1.807) is 6.92 Å². The van der Waals surface area contributed by atoms with Gasteiger partial charge in [0.05, 0.1) is 19.6 Å². The zero-order chi connectivity index (χ0) is 21.2. The van der Waals surface area contributed by atoms with E-state index in [1.807, 2.05) is 24.3 Å². The zero-order valence-electron chi connectivity index (χ0n) is 18.3. The van der Waals surface area contributed by atoms with Crippen molar-refractivity contribution in [1.29, 1.82) is 0 Å². The Labute approximate surface area is 176 Å². The lowest BCUT2D eigenvalue weighted by molar-refractivity contribution is -0.158. The largest absolute Gasteiger partial charge is 0.494 e. The second-order valence-electron chi connectivity index (χ2n) is 7.32. The van der Waals surface area contributed by atoms with Gasteiger partial charge in [-0.2, -0.15) is 0 Å². The standard InChI is InChI=1S/C24H38O5/c1-3-5-6-7-8-9-10-11-12-13-18-28-22-16-14-21(15-17-22)19-23(25)29-20-24(26)27-4-2/h14-17H,3-13,18-20H2,1-2H3. The quantitative estimate of drug-likeness (QED) is 0.248. The van der Waals surface area contributed by atoms with Crippen molar-refractivity contribution in [2.24, 2.45) is 0 Å². The van der Waals surface area contributed by atoms with Gasteiger partial charge in [-0.1, -0.05) is 76.8 Å². The fourth-order valence-electron chi connectivity index (χ4n) is 3.04. The average Bonchev–Trinajstić information content (AvgIpc) is 2.72. The summed E-state index contributed by atoms with van der Waals surface area (Å²) in [5.74, 6) is -0.168. The summed E-state index contributed by atoms with van der Waals surface area (Å²) < 4.78 is 15.4. The number of carbonyl (C=O) groups excluding carboxylic acids is 2. The summed E-state index contributed by atoms with van der Waals surface area (Å²) >= 11 is 0. The minimum atomic E-state index is -0.531. The third kappa shape index (κ3) is 13.7. The Balaban J connectivity index is 2.06. The van der Waals surface area contributed by atoms with Crippen molar-refractivity contribution in [2.75, 3.05) is 19.8 Å². The molecule has 5 nitrogen and oxygen atoms in total. The molecule has 0 atom stereocenters. The summed E-state index contributed by atoms with van der Waals surface area (Å²) in [7, 11) is 0. The van der Waals surface area contributed by atoms with Crippen LogP contribution in [0.1, 0.15) is 83.6 Å². The highest BCUT2D eigenvalue weighted by Gasteiger charge is 2.09. The highest BCUT2D eigenvalue weighted by Crippen LogP contribution is 2.15. The first-order valence-electron chi connectivity index (χ1n) is 11.2. The molecule has 0 aliphatic carbocycles. The molecule has 0 spiro atoms. The number of unbranched alkanes of at least 4 members (excludes halogenated alkanes) is 9. The monoisotopic (exact) mass is 406 g/mol. The molecule has 0 radical (unpaired) electrons. The topological polar surface area (TPSA) is 61.8 Å². The van der Waals surface area contributed by atoms with Crippen molar-refractivity contribution >= 4 is 11.9 Å². The number of benzene rings is 1. The van der Waals surface area contributed by atoms with Crippen molar-refractivity contribution in [3.8, 4) is 5.75 Å². The first-order valence-corrected chi connectivity index (χ1v) is 11.2. The Morgan fingerprint density at radius 2 is 1.31 bits per heavy atom. The maximum absolute atomic E-state index is 11.7. The van der Waals surface area contributed by atoms with E-state index in [2.05, 4.69) is 6.92 Å². The van der Waals surface area contributed by atoms with Gasteiger partial charge in [-0.3, -0.25) is 4.79 Å². The van der Waals surface area contributed by atoms with Crippen LogP contribution >= 0.6 is 0 Å².